The van der Waals surface area contributed by atoms with E-state index in [0.29, 0.717) is 12.1 Å². The van der Waals surface area contributed by atoms with Crippen LogP contribution in [0.4, 0.5) is 0 Å². The summed E-state index contributed by atoms with van der Waals surface area (Å²) in [6, 6.07) is 7.62. The van der Waals surface area contributed by atoms with Crippen LogP contribution in [0.2, 0.25) is 0 Å². The van der Waals surface area contributed by atoms with Crippen LogP contribution >= 0.6 is 0 Å². The highest BCUT2D eigenvalue weighted by atomic mass is 16.1. The first-order valence-electron chi connectivity index (χ1n) is 4.84. The van der Waals surface area contributed by atoms with Crippen molar-refractivity contribution in [3.05, 3.63) is 47.8 Å². The Morgan fingerprint density at radius 3 is 2.88 bits per heavy atom. The Hall–Kier alpha value is -2.14. The van der Waals surface area contributed by atoms with E-state index < -0.39 is 5.91 Å². The number of aromatic nitrogens is 2. The van der Waals surface area contributed by atoms with Gasteiger partial charge in [0.25, 0.3) is 5.91 Å². The molecule has 2 rings (SSSR count). The van der Waals surface area contributed by atoms with E-state index in [4.69, 9.17) is 11.5 Å². The lowest BCUT2D eigenvalue weighted by atomic mass is 10.2. The molecule has 0 aliphatic carbocycles. The summed E-state index contributed by atoms with van der Waals surface area (Å²) in [4.78, 5) is 10.9. The lowest BCUT2D eigenvalue weighted by Gasteiger charge is -2.02. The van der Waals surface area contributed by atoms with E-state index in [1.807, 2.05) is 24.3 Å². The molecule has 5 heteroatoms. The second-order valence-corrected chi connectivity index (χ2v) is 3.41. The highest BCUT2D eigenvalue weighted by Crippen LogP contribution is 2.10. The van der Waals surface area contributed by atoms with Crippen molar-refractivity contribution < 1.29 is 4.79 Å². The van der Waals surface area contributed by atoms with Gasteiger partial charge in [0, 0.05) is 12.7 Å². The molecule has 0 fully saturated rings. The molecule has 0 bridgehead atoms. The summed E-state index contributed by atoms with van der Waals surface area (Å²) in [5.74, 6) is -0.485. The average Bonchev–Trinajstić information content (AvgIpc) is 2.78. The van der Waals surface area contributed by atoms with Gasteiger partial charge in [0.05, 0.1) is 17.4 Å². The Balaban J connectivity index is 2.38. The highest BCUT2D eigenvalue weighted by Gasteiger charge is 2.05. The number of nitrogens with two attached hydrogens (primary N) is 2. The number of primary amides is 1. The van der Waals surface area contributed by atoms with Crippen LogP contribution in [0.15, 0.2) is 36.7 Å². The van der Waals surface area contributed by atoms with Gasteiger partial charge in [-0.2, -0.15) is 5.10 Å². The molecule has 1 heterocycles. The molecule has 0 saturated carbocycles. The molecule has 1 aromatic heterocycles. The molecular weight excluding hydrogens is 204 g/mol. The first-order chi connectivity index (χ1) is 7.70. The minimum Gasteiger partial charge on any atom is -0.366 e. The summed E-state index contributed by atoms with van der Waals surface area (Å²) in [6.45, 7) is 0.470. The summed E-state index contributed by atoms with van der Waals surface area (Å²) in [5.41, 5.74) is 12.9. The van der Waals surface area contributed by atoms with Crippen LogP contribution in [0.5, 0.6) is 0 Å². The molecule has 2 aromatic rings. The quantitative estimate of drug-likeness (QED) is 0.780. The van der Waals surface area contributed by atoms with Crippen LogP contribution < -0.4 is 11.5 Å². The maximum absolute atomic E-state index is 10.9. The van der Waals surface area contributed by atoms with Crippen LogP contribution in [0, 0.1) is 0 Å². The third-order valence-corrected chi connectivity index (χ3v) is 2.28. The largest absolute Gasteiger partial charge is 0.366 e. The standard InChI is InChI=1S/C11H12N4O/c12-5-8-2-1-3-10(4-8)15-7-9(6-14-15)11(13)16/h1-4,6-7H,5,12H2,(H2,13,16). The van der Waals surface area contributed by atoms with Gasteiger partial charge >= 0.3 is 0 Å². The van der Waals surface area contributed by atoms with Gasteiger partial charge in [-0.1, -0.05) is 12.1 Å². The highest BCUT2D eigenvalue weighted by molar-refractivity contribution is 5.92. The summed E-state index contributed by atoms with van der Waals surface area (Å²) in [7, 11) is 0. The van der Waals surface area contributed by atoms with Crippen molar-refractivity contribution in [3.63, 3.8) is 0 Å². The van der Waals surface area contributed by atoms with Gasteiger partial charge in [0.2, 0.25) is 0 Å². The van der Waals surface area contributed by atoms with E-state index in [1.165, 1.54) is 6.20 Å². The third kappa shape index (κ3) is 1.94. The van der Waals surface area contributed by atoms with Gasteiger partial charge in [-0.25, -0.2) is 4.68 Å². The van der Waals surface area contributed by atoms with E-state index in [-0.39, 0.29) is 0 Å². The number of rotatable bonds is 3. The normalized spacial score (nSPS) is 10.3. The van der Waals surface area contributed by atoms with E-state index in [1.54, 1.807) is 10.9 Å². The van der Waals surface area contributed by atoms with E-state index in [2.05, 4.69) is 5.10 Å². The first kappa shape index (κ1) is 10.4. The molecule has 5 nitrogen and oxygen atoms in total. The predicted octanol–water partition coefficient (Wildman–Crippen LogP) is 0.430. The third-order valence-electron chi connectivity index (χ3n) is 2.28. The van der Waals surface area contributed by atoms with Gasteiger partial charge in [0.1, 0.15) is 0 Å². The molecule has 0 radical (unpaired) electrons. The molecule has 0 unspecified atom stereocenters. The fourth-order valence-corrected chi connectivity index (χ4v) is 1.42. The number of carbonyl (C=O) groups excluding carboxylic acids is 1. The number of hydrogen-bond acceptors (Lipinski definition) is 3. The zero-order valence-corrected chi connectivity index (χ0v) is 8.63. The Kier molecular flexibility index (Phi) is 2.70. The number of nitrogens with zero attached hydrogens (tertiary/aromatic N) is 2. The Labute approximate surface area is 92.7 Å². The Morgan fingerprint density at radius 2 is 2.25 bits per heavy atom. The van der Waals surface area contributed by atoms with Crippen molar-refractivity contribution in [2.24, 2.45) is 11.5 Å². The van der Waals surface area contributed by atoms with Gasteiger partial charge in [-0.3, -0.25) is 4.79 Å². The number of amides is 1. The maximum Gasteiger partial charge on any atom is 0.251 e. The number of benzene rings is 1. The van der Waals surface area contributed by atoms with Crippen LogP contribution in [-0.2, 0) is 6.54 Å². The van der Waals surface area contributed by atoms with Crippen molar-refractivity contribution in [2.75, 3.05) is 0 Å². The van der Waals surface area contributed by atoms with Crippen molar-refractivity contribution in [1.82, 2.24) is 9.78 Å². The van der Waals surface area contributed by atoms with E-state index in [9.17, 15) is 4.79 Å². The molecule has 1 amide bonds. The van der Waals surface area contributed by atoms with Gasteiger partial charge in [-0.15, -0.1) is 0 Å². The van der Waals surface area contributed by atoms with E-state index in [0.717, 1.165) is 11.3 Å². The first-order valence-corrected chi connectivity index (χ1v) is 4.84. The molecular formula is C11H12N4O. The van der Waals surface area contributed by atoms with Crippen LogP contribution in [0.3, 0.4) is 0 Å². The summed E-state index contributed by atoms with van der Waals surface area (Å²) in [6.07, 6.45) is 3.04. The summed E-state index contributed by atoms with van der Waals surface area (Å²) in [5, 5.41) is 4.06. The summed E-state index contributed by atoms with van der Waals surface area (Å²) >= 11 is 0. The van der Waals surface area contributed by atoms with Gasteiger partial charge in [0.15, 0.2) is 0 Å². The van der Waals surface area contributed by atoms with Gasteiger partial charge < -0.3 is 11.5 Å². The minimum absolute atomic E-state index is 0.387. The zero-order chi connectivity index (χ0) is 11.5. The molecule has 1 aromatic carbocycles. The molecule has 82 valence electrons. The second-order valence-electron chi connectivity index (χ2n) is 3.41. The lowest BCUT2D eigenvalue weighted by molar-refractivity contribution is 0.100. The molecule has 4 N–H and O–H groups in total. The van der Waals surface area contributed by atoms with Gasteiger partial charge in [-0.05, 0) is 17.7 Å². The maximum atomic E-state index is 10.9. The van der Waals surface area contributed by atoms with Crippen molar-refractivity contribution in [3.8, 4) is 5.69 Å². The number of hydrogen-bond donors (Lipinski definition) is 2. The molecule has 16 heavy (non-hydrogen) atoms. The lowest BCUT2D eigenvalue weighted by Crippen LogP contribution is -2.09. The second kappa shape index (κ2) is 4.16. The van der Waals surface area contributed by atoms with Crippen molar-refractivity contribution >= 4 is 5.91 Å². The topological polar surface area (TPSA) is 86.9 Å². The monoisotopic (exact) mass is 216 g/mol. The number of carbonyl (C=O) groups is 1. The Bertz CT molecular complexity index is 518. The molecule has 0 saturated heterocycles. The molecule has 0 spiro atoms. The van der Waals surface area contributed by atoms with Crippen LogP contribution in [-0.4, -0.2) is 15.7 Å². The summed E-state index contributed by atoms with van der Waals surface area (Å²) < 4.78 is 1.60. The van der Waals surface area contributed by atoms with Crippen LogP contribution in [0.25, 0.3) is 5.69 Å². The fourth-order valence-electron chi connectivity index (χ4n) is 1.42. The van der Waals surface area contributed by atoms with Crippen molar-refractivity contribution in [2.45, 2.75) is 6.54 Å². The SMILES string of the molecule is NCc1cccc(-n2cc(C(N)=O)cn2)c1. The van der Waals surface area contributed by atoms with Crippen molar-refractivity contribution in [1.29, 1.82) is 0 Å². The molecule has 0 aliphatic rings. The average molecular weight is 216 g/mol. The van der Waals surface area contributed by atoms with E-state index >= 15 is 0 Å². The zero-order valence-electron chi connectivity index (χ0n) is 8.63. The minimum atomic E-state index is -0.485. The molecule has 0 atom stereocenters. The van der Waals surface area contributed by atoms with Crippen LogP contribution in [0.1, 0.15) is 15.9 Å². The predicted molar refractivity (Wildman–Crippen MR) is 60.0 cm³/mol. The molecule has 0 aliphatic heterocycles. The smallest absolute Gasteiger partial charge is 0.251 e. The fraction of sp³-hybridized carbons (Fsp3) is 0.0909. The Morgan fingerprint density at radius 1 is 1.44 bits per heavy atom.